The lowest BCUT2D eigenvalue weighted by molar-refractivity contribution is 0.102. The summed E-state index contributed by atoms with van der Waals surface area (Å²) in [7, 11) is 0. The molecule has 0 radical (unpaired) electrons. The van der Waals surface area contributed by atoms with Crippen LogP contribution >= 0.6 is 23.1 Å². The molecule has 0 N–H and O–H groups in total. The van der Waals surface area contributed by atoms with Gasteiger partial charge in [0, 0.05) is 31.0 Å². The highest BCUT2D eigenvalue weighted by Gasteiger charge is 2.18. The van der Waals surface area contributed by atoms with Gasteiger partial charge in [0.05, 0.1) is 16.8 Å². The molecule has 1 aliphatic rings. The number of thiazole rings is 1. The van der Waals surface area contributed by atoms with E-state index in [0.717, 1.165) is 23.8 Å². The molecule has 4 rings (SSSR count). The summed E-state index contributed by atoms with van der Waals surface area (Å²) in [5, 5.41) is 9.32. The third-order valence-corrected chi connectivity index (χ3v) is 5.97. The van der Waals surface area contributed by atoms with E-state index < -0.39 is 0 Å². The van der Waals surface area contributed by atoms with Crippen molar-refractivity contribution in [2.75, 3.05) is 23.7 Å². The number of piperidine rings is 1. The van der Waals surface area contributed by atoms with Crippen molar-refractivity contribution in [3.05, 3.63) is 35.6 Å². The van der Waals surface area contributed by atoms with E-state index in [-0.39, 0.29) is 11.5 Å². The van der Waals surface area contributed by atoms with Gasteiger partial charge in [-0.1, -0.05) is 23.1 Å². The van der Waals surface area contributed by atoms with Crippen LogP contribution in [0.3, 0.4) is 0 Å². The Labute approximate surface area is 158 Å². The highest BCUT2D eigenvalue weighted by Crippen LogP contribution is 2.28. The predicted molar refractivity (Wildman–Crippen MR) is 101 cm³/mol. The van der Waals surface area contributed by atoms with Crippen molar-refractivity contribution in [3.63, 3.8) is 0 Å². The summed E-state index contributed by atoms with van der Waals surface area (Å²) >= 11 is 2.71. The zero-order chi connectivity index (χ0) is 17.8. The first-order chi connectivity index (χ1) is 12.8. The van der Waals surface area contributed by atoms with Gasteiger partial charge >= 0.3 is 0 Å². The molecule has 0 atom stereocenters. The third-order valence-electron chi connectivity index (χ3n) is 4.06. The fourth-order valence-corrected chi connectivity index (χ4v) is 4.35. The van der Waals surface area contributed by atoms with Crippen molar-refractivity contribution in [2.45, 2.75) is 24.5 Å². The van der Waals surface area contributed by atoms with Crippen LogP contribution in [0.2, 0.25) is 0 Å². The molecule has 0 unspecified atom stereocenters. The minimum Gasteiger partial charge on any atom is -0.411 e. The molecule has 1 fully saturated rings. The van der Waals surface area contributed by atoms with Crippen molar-refractivity contribution in [2.24, 2.45) is 0 Å². The first-order valence-corrected chi connectivity index (χ1v) is 10.2. The minimum absolute atomic E-state index is 0.0272. The average Bonchev–Trinajstić information content (AvgIpc) is 3.37. The third kappa shape index (κ3) is 3.94. The fourth-order valence-electron chi connectivity index (χ4n) is 2.70. The maximum Gasteiger partial charge on any atom is 0.277 e. The molecule has 3 aromatic heterocycles. The van der Waals surface area contributed by atoms with Crippen LogP contribution in [0.1, 0.15) is 28.9 Å². The van der Waals surface area contributed by atoms with E-state index >= 15 is 0 Å². The van der Waals surface area contributed by atoms with E-state index in [1.807, 2.05) is 0 Å². The van der Waals surface area contributed by atoms with Crippen molar-refractivity contribution in [1.82, 2.24) is 20.2 Å². The van der Waals surface area contributed by atoms with Crippen molar-refractivity contribution in [1.29, 1.82) is 0 Å². The molecule has 9 heteroatoms. The molecule has 26 heavy (non-hydrogen) atoms. The van der Waals surface area contributed by atoms with Crippen LogP contribution in [-0.4, -0.2) is 44.8 Å². The lowest BCUT2D eigenvalue weighted by Crippen LogP contribution is -2.29. The van der Waals surface area contributed by atoms with E-state index in [1.165, 1.54) is 42.4 Å². The number of aromatic nitrogens is 4. The van der Waals surface area contributed by atoms with Crippen molar-refractivity contribution < 1.29 is 9.21 Å². The van der Waals surface area contributed by atoms with Gasteiger partial charge in [0.25, 0.3) is 5.22 Å². The number of carbonyl (C=O) groups is 1. The van der Waals surface area contributed by atoms with Gasteiger partial charge in [-0.15, -0.1) is 10.2 Å². The predicted octanol–water partition coefficient (Wildman–Crippen LogP) is 3.55. The second kappa shape index (κ2) is 7.96. The van der Waals surface area contributed by atoms with E-state index in [4.69, 9.17) is 4.42 Å². The zero-order valence-corrected chi connectivity index (χ0v) is 15.6. The second-order valence-corrected chi connectivity index (χ2v) is 7.81. The number of Topliss-reactive ketones (excluding diaryl/α,β-unsaturated/α-hetero) is 1. The van der Waals surface area contributed by atoms with Crippen molar-refractivity contribution in [3.8, 4) is 11.5 Å². The summed E-state index contributed by atoms with van der Waals surface area (Å²) in [6.45, 7) is 2.05. The minimum atomic E-state index is 0.0272. The van der Waals surface area contributed by atoms with Crippen LogP contribution in [0.5, 0.6) is 0 Å². The number of thioether (sulfide) groups is 1. The summed E-state index contributed by atoms with van der Waals surface area (Å²) in [6.07, 6.45) is 8.66. The fraction of sp³-hybridized carbons (Fsp3) is 0.353. The maximum absolute atomic E-state index is 12.4. The largest absolute Gasteiger partial charge is 0.411 e. The Morgan fingerprint density at radius 3 is 2.81 bits per heavy atom. The Morgan fingerprint density at radius 1 is 1.19 bits per heavy atom. The zero-order valence-electron chi connectivity index (χ0n) is 14.0. The van der Waals surface area contributed by atoms with Gasteiger partial charge in [0.15, 0.2) is 10.9 Å². The van der Waals surface area contributed by atoms with Crippen LogP contribution in [0.25, 0.3) is 11.5 Å². The van der Waals surface area contributed by atoms with Crippen molar-refractivity contribution >= 4 is 34.0 Å². The number of ketones is 1. The number of anilines is 1. The molecule has 7 nitrogen and oxygen atoms in total. The molecule has 134 valence electrons. The number of carbonyl (C=O) groups excluding carboxylic acids is 1. The molecule has 0 amide bonds. The Kier molecular flexibility index (Phi) is 5.26. The first kappa shape index (κ1) is 17.2. The van der Waals surface area contributed by atoms with Gasteiger partial charge in [0.1, 0.15) is 0 Å². The summed E-state index contributed by atoms with van der Waals surface area (Å²) in [4.78, 5) is 23.7. The van der Waals surface area contributed by atoms with Crippen LogP contribution < -0.4 is 4.90 Å². The number of hydrogen-bond donors (Lipinski definition) is 0. The van der Waals surface area contributed by atoms with Crippen LogP contribution in [0.15, 0.2) is 40.4 Å². The van der Waals surface area contributed by atoms with Gasteiger partial charge in [-0.3, -0.25) is 9.78 Å². The molecule has 0 saturated carbocycles. The van der Waals surface area contributed by atoms with Crippen LogP contribution in [-0.2, 0) is 0 Å². The number of nitrogens with zero attached hydrogens (tertiary/aromatic N) is 5. The quantitative estimate of drug-likeness (QED) is 0.469. The van der Waals surface area contributed by atoms with Crippen LogP contribution in [0.4, 0.5) is 5.13 Å². The summed E-state index contributed by atoms with van der Waals surface area (Å²) < 4.78 is 5.60. The average molecular weight is 387 g/mol. The lowest BCUT2D eigenvalue weighted by atomic mass is 10.1. The molecule has 0 aromatic carbocycles. The molecule has 0 bridgehead atoms. The highest BCUT2D eigenvalue weighted by atomic mass is 32.2. The van der Waals surface area contributed by atoms with E-state index in [1.54, 1.807) is 30.7 Å². The molecular formula is C17H17N5O2S2. The highest BCUT2D eigenvalue weighted by molar-refractivity contribution is 7.99. The molecule has 3 aromatic rings. The smallest absolute Gasteiger partial charge is 0.277 e. The molecule has 1 aliphatic heterocycles. The lowest BCUT2D eigenvalue weighted by Gasteiger charge is -2.25. The van der Waals surface area contributed by atoms with Gasteiger partial charge in [0.2, 0.25) is 5.89 Å². The van der Waals surface area contributed by atoms with Gasteiger partial charge in [-0.05, 0) is 31.4 Å². The van der Waals surface area contributed by atoms with E-state index in [9.17, 15) is 4.79 Å². The van der Waals surface area contributed by atoms with Gasteiger partial charge in [-0.2, -0.15) is 0 Å². The van der Waals surface area contributed by atoms with E-state index in [2.05, 4.69) is 25.1 Å². The standard InChI is InChI=1S/C17H17N5O2S2/c23-13(14-10-19-16(26-14)22-8-2-1-3-9-22)11-25-17-21-20-15(24-17)12-4-6-18-7-5-12/h4-7,10H,1-3,8-9,11H2. The molecule has 1 saturated heterocycles. The SMILES string of the molecule is O=C(CSc1nnc(-c2ccncc2)o1)c1cnc(N2CCCCC2)s1. The summed E-state index contributed by atoms with van der Waals surface area (Å²) in [5.74, 6) is 0.700. The normalized spacial score (nSPS) is 14.5. The Bertz CT molecular complexity index is 874. The molecule has 4 heterocycles. The van der Waals surface area contributed by atoms with Gasteiger partial charge < -0.3 is 9.32 Å². The summed E-state index contributed by atoms with van der Waals surface area (Å²) in [5.41, 5.74) is 0.805. The first-order valence-electron chi connectivity index (χ1n) is 8.40. The Balaban J connectivity index is 1.35. The molecule has 0 aliphatic carbocycles. The molecular weight excluding hydrogens is 370 g/mol. The Morgan fingerprint density at radius 2 is 2.00 bits per heavy atom. The summed E-state index contributed by atoms with van der Waals surface area (Å²) in [6, 6.07) is 3.60. The molecule has 0 spiro atoms. The number of rotatable bonds is 6. The second-order valence-electron chi connectivity index (χ2n) is 5.88. The van der Waals surface area contributed by atoms with E-state index in [0.29, 0.717) is 16.0 Å². The Hall–Kier alpha value is -2.26. The maximum atomic E-state index is 12.4. The number of pyridine rings is 1. The topological polar surface area (TPSA) is 85.0 Å². The monoisotopic (exact) mass is 387 g/mol. The number of hydrogen-bond acceptors (Lipinski definition) is 9. The van der Waals surface area contributed by atoms with Gasteiger partial charge in [-0.25, -0.2) is 4.98 Å². The van der Waals surface area contributed by atoms with Crippen LogP contribution in [0, 0.1) is 0 Å².